The highest BCUT2D eigenvalue weighted by molar-refractivity contribution is 6.30. The molecule has 122 valence electrons. The highest BCUT2D eigenvalue weighted by atomic mass is 35.5. The number of anilines is 1. The first-order valence-corrected chi connectivity index (χ1v) is 7.97. The molecular weight excluding hydrogens is 314 g/mol. The molecule has 0 aliphatic carbocycles. The molecule has 0 heterocycles. The van der Waals surface area contributed by atoms with Crippen LogP contribution in [0.4, 0.5) is 5.69 Å². The van der Waals surface area contributed by atoms with Gasteiger partial charge in [0.05, 0.1) is 13.2 Å². The summed E-state index contributed by atoms with van der Waals surface area (Å²) in [6.45, 7) is 2.97. The van der Waals surface area contributed by atoms with E-state index < -0.39 is 0 Å². The molecule has 0 unspecified atom stereocenters. The van der Waals surface area contributed by atoms with Crippen molar-refractivity contribution in [2.24, 2.45) is 0 Å². The zero-order valence-electron chi connectivity index (χ0n) is 13.0. The molecule has 0 saturated heterocycles. The van der Waals surface area contributed by atoms with Gasteiger partial charge in [0.15, 0.2) is 11.5 Å². The molecule has 0 fully saturated rings. The Balaban J connectivity index is 1.73. The second kappa shape index (κ2) is 9.06. The molecule has 2 aromatic carbocycles. The Hall–Kier alpha value is -2.20. The Morgan fingerprint density at radius 1 is 1.04 bits per heavy atom. The molecule has 1 N–H and O–H groups in total. The first kappa shape index (κ1) is 17.2. The predicted octanol–water partition coefficient (Wildman–Crippen LogP) is 4.54. The van der Waals surface area contributed by atoms with E-state index in [9.17, 15) is 4.79 Å². The maximum Gasteiger partial charge on any atom is 0.224 e. The fraction of sp³-hybridized carbons (Fsp3) is 0.278. The van der Waals surface area contributed by atoms with Gasteiger partial charge in [-0.2, -0.15) is 0 Å². The van der Waals surface area contributed by atoms with Crippen LogP contribution in [0.25, 0.3) is 0 Å². The number of nitrogens with one attached hydrogen (secondary N) is 1. The second-order valence-corrected chi connectivity index (χ2v) is 5.32. The number of ether oxygens (including phenoxy) is 2. The first-order valence-electron chi connectivity index (χ1n) is 7.59. The summed E-state index contributed by atoms with van der Waals surface area (Å²) in [5, 5.41) is 3.46. The third-order valence-electron chi connectivity index (χ3n) is 3.08. The molecule has 5 heteroatoms. The van der Waals surface area contributed by atoms with E-state index in [1.165, 1.54) is 0 Å². The molecule has 2 rings (SSSR count). The summed E-state index contributed by atoms with van der Waals surface area (Å²) in [5.41, 5.74) is 0.738. The van der Waals surface area contributed by atoms with Gasteiger partial charge < -0.3 is 14.8 Å². The van der Waals surface area contributed by atoms with E-state index in [2.05, 4.69) is 5.32 Å². The van der Waals surface area contributed by atoms with Crippen LogP contribution in [-0.2, 0) is 4.79 Å². The Kier molecular flexibility index (Phi) is 6.76. The molecule has 2 aromatic rings. The third-order valence-corrected chi connectivity index (χ3v) is 3.33. The summed E-state index contributed by atoms with van der Waals surface area (Å²) in [4.78, 5) is 11.9. The topological polar surface area (TPSA) is 47.6 Å². The normalized spacial score (nSPS) is 10.2. The number of hydrogen-bond acceptors (Lipinski definition) is 3. The minimum Gasteiger partial charge on any atom is -0.490 e. The van der Waals surface area contributed by atoms with E-state index in [-0.39, 0.29) is 5.91 Å². The van der Waals surface area contributed by atoms with Gasteiger partial charge >= 0.3 is 0 Å². The highest BCUT2D eigenvalue weighted by Crippen LogP contribution is 2.26. The minimum absolute atomic E-state index is 0.0472. The van der Waals surface area contributed by atoms with Gasteiger partial charge in [0, 0.05) is 17.1 Å². The summed E-state index contributed by atoms with van der Waals surface area (Å²) < 4.78 is 11.2. The smallest absolute Gasteiger partial charge is 0.224 e. The maximum atomic E-state index is 11.9. The maximum absolute atomic E-state index is 11.9. The second-order valence-electron chi connectivity index (χ2n) is 4.89. The third kappa shape index (κ3) is 5.83. The van der Waals surface area contributed by atoms with Crippen molar-refractivity contribution in [3.8, 4) is 11.5 Å². The largest absolute Gasteiger partial charge is 0.490 e. The SMILES string of the molecule is CCOc1ccccc1OCCCC(=O)Nc1ccc(Cl)cc1. The van der Waals surface area contributed by atoms with Crippen molar-refractivity contribution in [2.45, 2.75) is 19.8 Å². The molecular formula is C18H20ClNO3. The van der Waals surface area contributed by atoms with Gasteiger partial charge in [-0.3, -0.25) is 4.79 Å². The van der Waals surface area contributed by atoms with E-state index in [0.29, 0.717) is 36.8 Å². The molecule has 1 amide bonds. The molecule has 0 radical (unpaired) electrons. The van der Waals surface area contributed by atoms with E-state index >= 15 is 0 Å². The summed E-state index contributed by atoms with van der Waals surface area (Å²) in [6, 6.07) is 14.5. The Morgan fingerprint density at radius 2 is 1.70 bits per heavy atom. The lowest BCUT2D eigenvalue weighted by Gasteiger charge is -2.11. The van der Waals surface area contributed by atoms with E-state index in [1.807, 2.05) is 31.2 Å². The number of benzene rings is 2. The standard InChI is InChI=1S/C18H20ClNO3/c1-2-22-16-6-3-4-7-17(16)23-13-5-8-18(21)20-15-11-9-14(19)10-12-15/h3-4,6-7,9-12H,2,5,8,13H2,1H3,(H,20,21). The van der Waals surface area contributed by atoms with Crippen molar-refractivity contribution in [1.29, 1.82) is 0 Å². The van der Waals surface area contributed by atoms with Crippen LogP contribution in [0, 0.1) is 0 Å². The summed E-state index contributed by atoms with van der Waals surface area (Å²) in [5.74, 6) is 1.38. The number of para-hydroxylation sites is 2. The number of halogens is 1. The van der Waals surface area contributed by atoms with Crippen molar-refractivity contribution in [3.05, 3.63) is 53.6 Å². The fourth-order valence-corrected chi connectivity index (χ4v) is 2.14. The van der Waals surface area contributed by atoms with Crippen LogP contribution < -0.4 is 14.8 Å². The zero-order chi connectivity index (χ0) is 16.5. The van der Waals surface area contributed by atoms with E-state index in [1.54, 1.807) is 24.3 Å². The molecule has 0 aliphatic heterocycles. The number of rotatable bonds is 8. The predicted molar refractivity (Wildman–Crippen MR) is 92.4 cm³/mol. The monoisotopic (exact) mass is 333 g/mol. The number of hydrogen-bond donors (Lipinski definition) is 1. The quantitative estimate of drug-likeness (QED) is 0.722. The lowest BCUT2D eigenvalue weighted by molar-refractivity contribution is -0.116. The molecule has 0 saturated carbocycles. The van der Waals surface area contributed by atoms with Gasteiger partial charge in [-0.15, -0.1) is 0 Å². The van der Waals surface area contributed by atoms with Crippen LogP contribution >= 0.6 is 11.6 Å². The molecule has 0 spiro atoms. The Bertz CT molecular complexity index is 628. The van der Waals surface area contributed by atoms with Crippen LogP contribution in [0.3, 0.4) is 0 Å². The van der Waals surface area contributed by atoms with Crippen LogP contribution in [0.2, 0.25) is 5.02 Å². The van der Waals surface area contributed by atoms with Crippen molar-refractivity contribution in [2.75, 3.05) is 18.5 Å². The fourth-order valence-electron chi connectivity index (χ4n) is 2.02. The average molecular weight is 334 g/mol. The van der Waals surface area contributed by atoms with Crippen LogP contribution in [0.15, 0.2) is 48.5 Å². The number of carbonyl (C=O) groups excluding carboxylic acids is 1. The lowest BCUT2D eigenvalue weighted by atomic mass is 10.2. The van der Waals surface area contributed by atoms with Gasteiger partial charge in [0.1, 0.15) is 0 Å². The molecule has 23 heavy (non-hydrogen) atoms. The van der Waals surface area contributed by atoms with Gasteiger partial charge in [0.25, 0.3) is 0 Å². The minimum atomic E-state index is -0.0472. The Labute approximate surface area is 141 Å². The van der Waals surface area contributed by atoms with Gasteiger partial charge in [0.2, 0.25) is 5.91 Å². The van der Waals surface area contributed by atoms with Gasteiger partial charge in [-0.25, -0.2) is 0 Å². The van der Waals surface area contributed by atoms with Crippen molar-refractivity contribution in [1.82, 2.24) is 0 Å². The van der Waals surface area contributed by atoms with Gasteiger partial charge in [-0.05, 0) is 49.7 Å². The lowest BCUT2D eigenvalue weighted by Crippen LogP contribution is -2.12. The van der Waals surface area contributed by atoms with Gasteiger partial charge in [-0.1, -0.05) is 23.7 Å². The van der Waals surface area contributed by atoms with Crippen LogP contribution in [-0.4, -0.2) is 19.1 Å². The molecule has 4 nitrogen and oxygen atoms in total. The van der Waals surface area contributed by atoms with Crippen molar-refractivity contribution < 1.29 is 14.3 Å². The first-order chi connectivity index (χ1) is 11.2. The van der Waals surface area contributed by atoms with Crippen LogP contribution in [0.1, 0.15) is 19.8 Å². The van der Waals surface area contributed by atoms with Crippen LogP contribution in [0.5, 0.6) is 11.5 Å². The van der Waals surface area contributed by atoms with E-state index in [0.717, 1.165) is 11.4 Å². The molecule has 0 aromatic heterocycles. The number of amides is 1. The highest BCUT2D eigenvalue weighted by Gasteiger charge is 2.05. The zero-order valence-corrected chi connectivity index (χ0v) is 13.8. The number of carbonyl (C=O) groups is 1. The van der Waals surface area contributed by atoms with E-state index in [4.69, 9.17) is 21.1 Å². The summed E-state index contributed by atoms with van der Waals surface area (Å²) >= 11 is 5.80. The Morgan fingerprint density at radius 3 is 2.35 bits per heavy atom. The average Bonchev–Trinajstić information content (AvgIpc) is 2.55. The summed E-state index contributed by atoms with van der Waals surface area (Å²) in [6.07, 6.45) is 1.01. The van der Waals surface area contributed by atoms with Crippen molar-refractivity contribution >= 4 is 23.2 Å². The van der Waals surface area contributed by atoms with Crippen molar-refractivity contribution in [3.63, 3.8) is 0 Å². The summed E-state index contributed by atoms with van der Waals surface area (Å²) in [7, 11) is 0. The molecule has 0 atom stereocenters. The molecule has 0 aliphatic rings. The molecule has 0 bridgehead atoms.